The Bertz CT molecular complexity index is 817. The molecular formula is C25H34BIO3. The predicted molar refractivity (Wildman–Crippen MR) is 134 cm³/mol. The van der Waals surface area contributed by atoms with Crippen LogP contribution in [0.4, 0.5) is 0 Å². The molecule has 1 aliphatic rings. The highest BCUT2D eigenvalue weighted by atomic mass is 127. The van der Waals surface area contributed by atoms with Crippen LogP contribution in [0.1, 0.15) is 65.9 Å². The summed E-state index contributed by atoms with van der Waals surface area (Å²) in [6, 6.07) is 15.2. The van der Waals surface area contributed by atoms with Gasteiger partial charge in [0, 0.05) is 10.2 Å². The maximum atomic E-state index is 6.17. The number of halogens is 1. The fourth-order valence-corrected chi connectivity index (χ4v) is 4.27. The summed E-state index contributed by atoms with van der Waals surface area (Å²) in [5, 5.41) is 0. The summed E-state index contributed by atoms with van der Waals surface area (Å²) in [5.74, 6) is 0. The van der Waals surface area contributed by atoms with Crippen molar-refractivity contribution in [3.05, 3.63) is 51.6 Å². The molecule has 1 fully saturated rings. The van der Waals surface area contributed by atoms with E-state index in [2.05, 4.69) is 99.7 Å². The lowest BCUT2D eigenvalue weighted by molar-refractivity contribution is 0.00578. The molecule has 0 aromatic heterocycles. The molecule has 3 rings (SSSR count). The average Bonchev–Trinajstić information content (AvgIpc) is 2.91. The highest BCUT2D eigenvalue weighted by Crippen LogP contribution is 2.36. The fourth-order valence-electron chi connectivity index (χ4n) is 3.53. The molecule has 5 heteroatoms. The zero-order chi connectivity index (χ0) is 21.8. The first-order chi connectivity index (χ1) is 14.2. The monoisotopic (exact) mass is 520 g/mol. The number of hydrogen-bond donors (Lipinski definition) is 0. The van der Waals surface area contributed by atoms with E-state index in [0.29, 0.717) is 6.61 Å². The molecule has 3 nitrogen and oxygen atoms in total. The summed E-state index contributed by atoms with van der Waals surface area (Å²) < 4.78 is 19.5. The quantitative estimate of drug-likeness (QED) is 0.219. The van der Waals surface area contributed by atoms with E-state index < -0.39 is 0 Å². The molecule has 0 bridgehead atoms. The summed E-state index contributed by atoms with van der Waals surface area (Å²) in [6.45, 7) is 12.1. The molecule has 2 aromatic rings. The summed E-state index contributed by atoms with van der Waals surface area (Å²) in [4.78, 5) is 0. The van der Waals surface area contributed by atoms with Crippen LogP contribution in [-0.4, -0.2) is 24.9 Å². The van der Waals surface area contributed by atoms with Gasteiger partial charge in [0.25, 0.3) is 0 Å². The van der Waals surface area contributed by atoms with Gasteiger partial charge in [-0.1, -0.05) is 50.5 Å². The Kier molecular flexibility index (Phi) is 8.05. The Balaban J connectivity index is 1.65. The first-order valence-electron chi connectivity index (χ1n) is 11.0. The molecule has 162 valence electrons. The van der Waals surface area contributed by atoms with Crippen molar-refractivity contribution in [2.24, 2.45) is 0 Å². The normalized spacial score (nSPS) is 17.5. The third-order valence-corrected chi connectivity index (χ3v) is 6.76. The summed E-state index contributed by atoms with van der Waals surface area (Å²) in [6.07, 6.45) is 4.94. The van der Waals surface area contributed by atoms with Crippen LogP contribution in [-0.2, 0) is 20.7 Å². The van der Waals surface area contributed by atoms with Crippen LogP contribution < -0.4 is 5.46 Å². The maximum Gasteiger partial charge on any atom is 0.494 e. The largest absolute Gasteiger partial charge is 0.494 e. The van der Waals surface area contributed by atoms with Crippen molar-refractivity contribution in [3.63, 3.8) is 0 Å². The number of rotatable bonds is 9. The van der Waals surface area contributed by atoms with Crippen LogP contribution >= 0.6 is 22.6 Å². The zero-order valence-electron chi connectivity index (χ0n) is 19.0. The average molecular weight is 520 g/mol. The minimum Gasteiger partial charge on any atom is -0.399 e. The zero-order valence-corrected chi connectivity index (χ0v) is 21.1. The second-order valence-electron chi connectivity index (χ2n) is 9.17. The van der Waals surface area contributed by atoms with Gasteiger partial charge >= 0.3 is 7.12 Å². The van der Waals surface area contributed by atoms with Gasteiger partial charge in [-0.3, -0.25) is 0 Å². The Morgan fingerprint density at radius 2 is 1.53 bits per heavy atom. The van der Waals surface area contributed by atoms with E-state index in [1.54, 1.807) is 0 Å². The van der Waals surface area contributed by atoms with Crippen LogP contribution in [0.2, 0.25) is 0 Å². The van der Waals surface area contributed by atoms with Gasteiger partial charge in [0.2, 0.25) is 0 Å². The van der Waals surface area contributed by atoms with E-state index in [4.69, 9.17) is 14.0 Å². The predicted octanol–water partition coefficient (Wildman–Crippen LogP) is 6.35. The molecule has 0 aliphatic carbocycles. The lowest BCUT2D eigenvalue weighted by Crippen LogP contribution is -2.41. The summed E-state index contributed by atoms with van der Waals surface area (Å²) in [5.41, 5.74) is 4.04. The summed E-state index contributed by atoms with van der Waals surface area (Å²) >= 11 is 2.39. The van der Waals surface area contributed by atoms with E-state index >= 15 is 0 Å². The van der Waals surface area contributed by atoms with Gasteiger partial charge in [0.05, 0.1) is 17.8 Å². The van der Waals surface area contributed by atoms with Gasteiger partial charge < -0.3 is 14.0 Å². The van der Waals surface area contributed by atoms with E-state index in [1.165, 1.54) is 39.5 Å². The molecule has 1 heterocycles. The third-order valence-electron chi connectivity index (χ3n) is 6.14. The van der Waals surface area contributed by atoms with Crippen LogP contribution in [0.25, 0.3) is 11.1 Å². The Labute approximate surface area is 196 Å². The van der Waals surface area contributed by atoms with Crippen molar-refractivity contribution in [2.45, 2.75) is 78.1 Å². The molecule has 0 amide bonds. The molecule has 0 radical (unpaired) electrons. The standard InChI is InChI=1S/C25H34BIO3/c1-6-7-8-9-14-28-18-19-15-21(17-23(27)16-19)20-10-12-22(13-11-20)26-29-24(2,3)25(4,5)30-26/h10-13,15-17H,6-9,14,18H2,1-5H3. The fraction of sp³-hybridized carbons (Fsp3) is 0.520. The lowest BCUT2D eigenvalue weighted by Gasteiger charge is -2.32. The number of hydrogen-bond acceptors (Lipinski definition) is 3. The highest BCUT2D eigenvalue weighted by molar-refractivity contribution is 14.1. The Hall–Kier alpha value is -0.885. The van der Waals surface area contributed by atoms with Gasteiger partial charge in [-0.05, 0) is 97.1 Å². The minimum absolute atomic E-state index is 0.322. The van der Waals surface area contributed by atoms with Gasteiger partial charge in [-0.2, -0.15) is 0 Å². The van der Waals surface area contributed by atoms with Gasteiger partial charge in [0.1, 0.15) is 0 Å². The van der Waals surface area contributed by atoms with E-state index in [1.807, 2.05) is 0 Å². The smallest absolute Gasteiger partial charge is 0.399 e. The topological polar surface area (TPSA) is 27.7 Å². The number of unbranched alkanes of at least 4 members (excludes halogenated alkanes) is 3. The Morgan fingerprint density at radius 3 is 2.17 bits per heavy atom. The molecule has 0 saturated carbocycles. The van der Waals surface area contributed by atoms with E-state index in [9.17, 15) is 0 Å². The van der Waals surface area contributed by atoms with Crippen molar-refractivity contribution >= 4 is 35.2 Å². The van der Waals surface area contributed by atoms with Crippen molar-refractivity contribution < 1.29 is 14.0 Å². The third kappa shape index (κ3) is 5.87. The first kappa shape index (κ1) is 23.8. The molecule has 0 atom stereocenters. The second-order valence-corrected chi connectivity index (χ2v) is 10.4. The molecule has 1 saturated heterocycles. The van der Waals surface area contributed by atoms with Crippen molar-refractivity contribution in [1.82, 2.24) is 0 Å². The van der Waals surface area contributed by atoms with Gasteiger partial charge in [-0.15, -0.1) is 0 Å². The molecular weight excluding hydrogens is 486 g/mol. The summed E-state index contributed by atoms with van der Waals surface area (Å²) in [7, 11) is -0.323. The van der Waals surface area contributed by atoms with E-state index in [-0.39, 0.29) is 18.3 Å². The van der Waals surface area contributed by atoms with Crippen molar-refractivity contribution in [2.75, 3.05) is 6.61 Å². The van der Waals surface area contributed by atoms with Crippen LogP contribution in [0, 0.1) is 3.57 Å². The van der Waals surface area contributed by atoms with E-state index in [0.717, 1.165) is 18.5 Å². The second kappa shape index (κ2) is 10.2. The molecule has 1 aliphatic heterocycles. The maximum absolute atomic E-state index is 6.17. The van der Waals surface area contributed by atoms with Crippen molar-refractivity contribution in [3.8, 4) is 11.1 Å². The highest BCUT2D eigenvalue weighted by Gasteiger charge is 2.51. The SMILES string of the molecule is CCCCCCOCc1cc(I)cc(-c2ccc(B3OC(C)(C)C(C)(C)O3)cc2)c1. The molecule has 0 N–H and O–H groups in total. The van der Waals surface area contributed by atoms with Crippen molar-refractivity contribution in [1.29, 1.82) is 0 Å². The lowest BCUT2D eigenvalue weighted by atomic mass is 9.78. The van der Waals surface area contributed by atoms with Gasteiger partial charge in [0.15, 0.2) is 0 Å². The molecule has 30 heavy (non-hydrogen) atoms. The number of benzene rings is 2. The minimum atomic E-state index is -0.323. The molecule has 0 unspecified atom stereocenters. The molecule has 0 spiro atoms. The van der Waals surface area contributed by atoms with Crippen LogP contribution in [0.15, 0.2) is 42.5 Å². The Morgan fingerprint density at radius 1 is 0.867 bits per heavy atom. The number of ether oxygens (including phenoxy) is 1. The van der Waals surface area contributed by atoms with Crippen LogP contribution in [0.3, 0.4) is 0 Å². The van der Waals surface area contributed by atoms with Crippen LogP contribution in [0.5, 0.6) is 0 Å². The first-order valence-corrected chi connectivity index (χ1v) is 12.1. The van der Waals surface area contributed by atoms with Gasteiger partial charge in [-0.25, -0.2) is 0 Å². The molecule has 2 aromatic carbocycles.